The Kier molecular flexibility index (Phi) is 11.2. The van der Waals surface area contributed by atoms with E-state index in [0.717, 1.165) is 31.4 Å². The van der Waals surface area contributed by atoms with Crippen molar-refractivity contribution in [2.24, 2.45) is 0 Å². The van der Waals surface area contributed by atoms with Gasteiger partial charge in [0.05, 0.1) is 0 Å². The topological polar surface area (TPSA) is 162 Å². The van der Waals surface area contributed by atoms with Crippen LogP contribution in [0, 0.1) is 10.4 Å². The molecule has 4 aromatic carbocycles. The van der Waals surface area contributed by atoms with Gasteiger partial charge in [-0.1, -0.05) is 59.3 Å². The molecule has 0 atom stereocenters. The van der Waals surface area contributed by atoms with Crippen molar-refractivity contribution in [1.29, 1.82) is 0 Å². The fourth-order valence-corrected chi connectivity index (χ4v) is 8.32. The van der Waals surface area contributed by atoms with Crippen LogP contribution in [0.5, 0.6) is 46.0 Å². The van der Waals surface area contributed by atoms with Crippen LogP contribution < -0.4 is 20.9 Å². The summed E-state index contributed by atoms with van der Waals surface area (Å²) in [7, 11) is 0. The Morgan fingerprint density at radius 3 is 1.73 bits per heavy atom. The lowest BCUT2D eigenvalue weighted by molar-refractivity contribution is 0.395. The summed E-state index contributed by atoms with van der Waals surface area (Å²) in [4.78, 5) is 0. The van der Waals surface area contributed by atoms with Gasteiger partial charge in [-0.15, -0.1) is 11.8 Å². The number of fused-ring (bicyclic) bond motifs is 2. The van der Waals surface area contributed by atoms with Gasteiger partial charge in [0.15, 0.2) is 23.0 Å². The van der Waals surface area contributed by atoms with Crippen LogP contribution in [-0.2, 0) is 5.75 Å². The summed E-state index contributed by atoms with van der Waals surface area (Å²) in [5, 5.41) is 94.1. The molecule has 8 N–H and O–H groups in total. The predicted octanol–water partition coefficient (Wildman–Crippen LogP) is 6.36. The first kappa shape index (κ1) is 36.8. The maximum absolute atomic E-state index is 12.2. The monoisotopic (exact) mass is 694 g/mol. The molecule has 4 rings (SSSR count). The van der Waals surface area contributed by atoms with Gasteiger partial charge in [-0.25, -0.2) is 0 Å². The van der Waals surface area contributed by atoms with Gasteiger partial charge in [0, 0.05) is 69.7 Å². The van der Waals surface area contributed by atoms with Gasteiger partial charge in [-0.05, 0) is 49.5 Å². The molecule has 0 unspecified atom stereocenters. The molecule has 48 heavy (non-hydrogen) atoms. The first-order valence-corrected chi connectivity index (χ1v) is 18.3. The largest absolute Gasteiger partial charge is 0.507 e. The van der Waals surface area contributed by atoms with Crippen molar-refractivity contribution in [3.63, 3.8) is 0 Å². The fraction of sp³-hybridized carbons (Fsp3) is 0.368. The number of hydrogen-bond acceptors (Lipinski definition) is 10. The number of unbranched alkanes of at least 4 members (excludes halogenated alkanes) is 2. The summed E-state index contributed by atoms with van der Waals surface area (Å²) < 4.78 is 0. The van der Waals surface area contributed by atoms with Crippen LogP contribution in [0.1, 0.15) is 84.3 Å². The fourth-order valence-electron chi connectivity index (χ4n) is 6.23. The number of thioether (sulfide) groups is 2. The highest BCUT2D eigenvalue weighted by atomic mass is 32.2. The second kappa shape index (κ2) is 14.6. The summed E-state index contributed by atoms with van der Waals surface area (Å²) in [6.45, 7) is 19.1. The molecule has 0 aliphatic heterocycles. The van der Waals surface area contributed by atoms with Crippen molar-refractivity contribution in [2.45, 2.75) is 78.9 Å². The van der Waals surface area contributed by atoms with Crippen molar-refractivity contribution in [3.8, 4) is 46.0 Å². The van der Waals surface area contributed by atoms with E-state index in [2.05, 4.69) is 20.1 Å². The van der Waals surface area contributed by atoms with Gasteiger partial charge in [0.25, 0.3) is 0 Å². The average molecular weight is 695 g/mol. The summed E-state index contributed by atoms with van der Waals surface area (Å²) in [5.74, 6) is -2.24. The first-order chi connectivity index (χ1) is 22.6. The lowest BCUT2D eigenvalue weighted by atomic mass is 9.88. The van der Waals surface area contributed by atoms with Crippen LogP contribution >= 0.6 is 23.5 Å². The molecule has 0 saturated heterocycles. The van der Waals surface area contributed by atoms with E-state index in [1.165, 1.54) is 23.5 Å². The number of aromatic hydroxyl groups is 8. The standard InChI is InChI=1S/C38H46O8S2/c1-9-11-13-47-15-21-27-29(23(17(3)4)37(45)33(21)41)31(39)19(7)25(35(27)43)26-20(8)32(40)30-24(18(5)6)38(46)34(42)22(28(30)36(26)44)16-48-14-12-10-2/h15,18,39-46H,7-14,16H2,1-6H3/b21-15?,26-25-. The van der Waals surface area contributed by atoms with Crippen LogP contribution in [-0.4, -0.2) is 52.4 Å². The number of phenols is 8. The number of phenolic OH excluding ortho intramolecular Hbond substituents is 8. The number of hydrogen-bond donors (Lipinski definition) is 8. The molecule has 258 valence electrons. The van der Waals surface area contributed by atoms with Crippen LogP contribution in [0.15, 0.2) is 0 Å². The van der Waals surface area contributed by atoms with Crippen molar-refractivity contribution >= 4 is 69.2 Å². The van der Waals surface area contributed by atoms with E-state index in [0.29, 0.717) is 11.3 Å². The maximum atomic E-state index is 12.2. The summed E-state index contributed by atoms with van der Waals surface area (Å²) in [6, 6.07) is 0. The molecule has 0 aromatic heterocycles. The normalized spacial score (nSPS) is 12.9. The summed E-state index contributed by atoms with van der Waals surface area (Å²) in [5.41, 5.74) is 0.958. The molecule has 0 bridgehead atoms. The van der Waals surface area contributed by atoms with Crippen molar-refractivity contribution in [1.82, 2.24) is 0 Å². The second-order valence-electron chi connectivity index (χ2n) is 12.6. The van der Waals surface area contributed by atoms with Crippen LogP contribution in [0.4, 0.5) is 0 Å². The Hall–Kier alpha value is -4.02. The van der Waals surface area contributed by atoms with Gasteiger partial charge < -0.3 is 40.9 Å². The highest BCUT2D eigenvalue weighted by Gasteiger charge is 2.27. The third-order valence-electron chi connectivity index (χ3n) is 8.70. The maximum Gasteiger partial charge on any atom is 0.166 e. The van der Waals surface area contributed by atoms with Gasteiger partial charge in [-0.2, -0.15) is 11.8 Å². The van der Waals surface area contributed by atoms with Gasteiger partial charge in [0.2, 0.25) is 0 Å². The van der Waals surface area contributed by atoms with Crippen LogP contribution in [0.3, 0.4) is 0 Å². The van der Waals surface area contributed by atoms with E-state index in [1.807, 2.05) is 6.92 Å². The van der Waals surface area contributed by atoms with Gasteiger partial charge in [0.1, 0.15) is 23.0 Å². The lowest BCUT2D eigenvalue weighted by Crippen LogP contribution is -2.19. The Bertz CT molecular complexity index is 2260. The minimum atomic E-state index is -0.492. The predicted molar refractivity (Wildman–Crippen MR) is 200 cm³/mol. The van der Waals surface area contributed by atoms with Gasteiger partial charge in [-0.3, -0.25) is 0 Å². The second-order valence-corrected chi connectivity index (χ2v) is 14.7. The van der Waals surface area contributed by atoms with E-state index in [4.69, 9.17) is 0 Å². The van der Waals surface area contributed by atoms with E-state index in [-0.39, 0.29) is 81.4 Å². The van der Waals surface area contributed by atoms with E-state index >= 15 is 0 Å². The van der Waals surface area contributed by atoms with Crippen LogP contribution in [0.2, 0.25) is 0 Å². The average Bonchev–Trinajstić information content (AvgIpc) is 3.03. The summed E-state index contributed by atoms with van der Waals surface area (Å²) in [6.07, 6.45) is 3.68. The minimum Gasteiger partial charge on any atom is -0.507 e. The molecule has 0 aliphatic rings. The molecule has 0 spiro atoms. The molecule has 4 aromatic rings. The highest BCUT2D eigenvalue weighted by Crippen LogP contribution is 2.49. The van der Waals surface area contributed by atoms with Crippen molar-refractivity contribution < 1.29 is 40.9 Å². The zero-order valence-electron chi connectivity index (χ0n) is 28.4. The molecule has 8 nitrogen and oxygen atoms in total. The van der Waals surface area contributed by atoms with Crippen molar-refractivity contribution in [2.75, 3.05) is 11.5 Å². The minimum absolute atomic E-state index is 0.00977. The molecule has 0 aliphatic carbocycles. The van der Waals surface area contributed by atoms with Crippen molar-refractivity contribution in [3.05, 3.63) is 42.4 Å². The lowest BCUT2D eigenvalue weighted by Gasteiger charge is -2.21. The zero-order chi connectivity index (χ0) is 35.8. The Morgan fingerprint density at radius 1 is 0.646 bits per heavy atom. The number of benzene rings is 4. The Morgan fingerprint density at radius 2 is 1.19 bits per heavy atom. The molecule has 0 fully saturated rings. The van der Waals surface area contributed by atoms with Crippen LogP contribution in [0.25, 0.3) is 45.7 Å². The molecule has 0 saturated carbocycles. The van der Waals surface area contributed by atoms with E-state index in [1.54, 1.807) is 33.1 Å². The number of rotatable bonds is 10. The third kappa shape index (κ3) is 6.05. The SMILES string of the molecule is C=c1c(O)c2c(C(C)C)c(O)c(O)c(CSCCCC)c2c(O)/c1=c1\c(O)c2c(=CSCCCC)c(O)c(O)c(=C(C)C)c2c(O)c1=C. The molecule has 0 heterocycles. The quantitative estimate of drug-likeness (QED) is 0.0533. The molecular formula is C38H46O8S2. The Labute approximate surface area is 288 Å². The third-order valence-corrected chi connectivity index (χ3v) is 10.7. The Balaban J connectivity index is 2.43. The first-order valence-electron chi connectivity index (χ1n) is 16.1. The molecular weight excluding hydrogens is 649 g/mol. The highest BCUT2D eigenvalue weighted by molar-refractivity contribution is 8.06. The molecule has 10 heteroatoms. The van der Waals surface area contributed by atoms with E-state index in [9.17, 15) is 40.9 Å². The smallest absolute Gasteiger partial charge is 0.166 e. The summed E-state index contributed by atoms with van der Waals surface area (Å²) >= 11 is 2.86. The van der Waals surface area contributed by atoms with E-state index < -0.39 is 40.2 Å². The molecule has 0 amide bonds. The van der Waals surface area contributed by atoms with Gasteiger partial charge >= 0.3 is 0 Å². The zero-order valence-corrected chi connectivity index (χ0v) is 30.0. The molecule has 0 radical (unpaired) electrons.